The van der Waals surface area contributed by atoms with Gasteiger partial charge in [0.1, 0.15) is 0 Å². The minimum Gasteiger partial charge on any atom is -0.140 e. The largest absolute Gasteiger partial charge is 0.140 e. The molecule has 0 bridgehead atoms. The lowest BCUT2D eigenvalue weighted by atomic mass is 10.0. The number of unbranched alkanes of at least 4 members (excludes halogenated alkanes) is 4. The first-order valence-electron chi connectivity index (χ1n) is 8.06. The summed E-state index contributed by atoms with van der Waals surface area (Å²) in [6, 6.07) is 13.2. The third-order valence-corrected chi connectivity index (χ3v) is 5.88. The zero-order valence-electron chi connectivity index (χ0n) is 13.1. The molecule has 0 radical (unpaired) electrons. The molecule has 2 heteroatoms. The Balaban J connectivity index is 1.88. The third kappa shape index (κ3) is 5.27. The van der Waals surface area contributed by atoms with Crippen molar-refractivity contribution >= 4 is 27.3 Å². The van der Waals surface area contributed by atoms with E-state index in [-0.39, 0.29) is 0 Å². The number of hydrogen-bond donors (Lipinski definition) is 0. The minimum absolute atomic E-state index is 0.695. The average molecular weight is 365 g/mol. The van der Waals surface area contributed by atoms with Crippen molar-refractivity contribution in [1.29, 1.82) is 0 Å². The summed E-state index contributed by atoms with van der Waals surface area (Å²) in [5.41, 5.74) is 1.32. The van der Waals surface area contributed by atoms with Crippen LogP contribution in [0.25, 0.3) is 10.4 Å². The van der Waals surface area contributed by atoms with Crippen LogP contribution in [-0.4, -0.2) is 0 Å². The van der Waals surface area contributed by atoms with Crippen LogP contribution in [-0.2, 0) is 0 Å². The first-order valence-corrected chi connectivity index (χ1v) is 9.67. The van der Waals surface area contributed by atoms with Crippen molar-refractivity contribution in [3.05, 3.63) is 45.7 Å². The molecule has 2 aromatic rings. The van der Waals surface area contributed by atoms with Gasteiger partial charge in [0.25, 0.3) is 0 Å². The van der Waals surface area contributed by atoms with Gasteiger partial charge in [-0.15, -0.1) is 11.3 Å². The van der Waals surface area contributed by atoms with Gasteiger partial charge in [0.05, 0.1) is 0 Å². The van der Waals surface area contributed by atoms with E-state index in [1.807, 2.05) is 11.3 Å². The molecule has 0 amide bonds. The van der Waals surface area contributed by atoms with E-state index in [1.165, 1.54) is 53.8 Å². The van der Waals surface area contributed by atoms with Gasteiger partial charge in [0.2, 0.25) is 0 Å². The molecule has 0 saturated heterocycles. The molecule has 0 N–H and O–H groups in total. The Morgan fingerprint density at radius 3 is 2.38 bits per heavy atom. The lowest BCUT2D eigenvalue weighted by Crippen LogP contribution is -1.90. The molecule has 0 aliphatic heterocycles. The summed E-state index contributed by atoms with van der Waals surface area (Å²) in [6.07, 6.45) is 8.20. The molecule has 114 valence electrons. The normalized spacial score (nSPS) is 12.5. The zero-order valence-corrected chi connectivity index (χ0v) is 15.5. The summed E-state index contributed by atoms with van der Waals surface area (Å²) in [7, 11) is 0. The van der Waals surface area contributed by atoms with Crippen LogP contribution in [0, 0.1) is 0 Å². The van der Waals surface area contributed by atoms with E-state index in [4.69, 9.17) is 0 Å². The predicted molar refractivity (Wildman–Crippen MR) is 99.2 cm³/mol. The maximum absolute atomic E-state index is 3.50. The van der Waals surface area contributed by atoms with E-state index in [0.29, 0.717) is 5.92 Å². The highest BCUT2D eigenvalue weighted by molar-refractivity contribution is 9.10. The van der Waals surface area contributed by atoms with Crippen molar-refractivity contribution in [3.63, 3.8) is 0 Å². The molecule has 2 rings (SSSR count). The number of rotatable bonds is 8. The molecular weight excluding hydrogens is 340 g/mol. The Bertz CT molecular complexity index is 527. The van der Waals surface area contributed by atoms with Crippen molar-refractivity contribution in [2.75, 3.05) is 0 Å². The summed E-state index contributed by atoms with van der Waals surface area (Å²) in [5.74, 6) is 0.695. The topological polar surface area (TPSA) is 0 Å². The summed E-state index contributed by atoms with van der Waals surface area (Å²) < 4.78 is 1.14. The van der Waals surface area contributed by atoms with E-state index in [1.54, 1.807) is 0 Å². The minimum atomic E-state index is 0.695. The molecule has 21 heavy (non-hydrogen) atoms. The van der Waals surface area contributed by atoms with Gasteiger partial charge in [-0.3, -0.25) is 0 Å². The Morgan fingerprint density at radius 2 is 1.67 bits per heavy atom. The standard InChI is InChI=1S/C19H25BrS/c1-3-4-5-6-7-8-15(2)18-13-14-19(21-18)16-9-11-17(20)12-10-16/h9-15H,3-8H2,1-2H3. The highest BCUT2D eigenvalue weighted by Gasteiger charge is 2.09. The number of thiophene rings is 1. The molecule has 1 unspecified atom stereocenters. The highest BCUT2D eigenvalue weighted by Crippen LogP contribution is 2.34. The van der Waals surface area contributed by atoms with Crippen molar-refractivity contribution in [1.82, 2.24) is 0 Å². The van der Waals surface area contributed by atoms with Gasteiger partial charge in [0.15, 0.2) is 0 Å². The van der Waals surface area contributed by atoms with Gasteiger partial charge in [-0.25, -0.2) is 0 Å². The smallest absolute Gasteiger partial charge is 0.0345 e. The first kappa shape index (κ1) is 16.8. The van der Waals surface area contributed by atoms with Crippen LogP contribution >= 0.6 is 27.3 Å². The SMILES string of the molecule is CCCCCCCC(C)c1ccc(-c2ccc(Br)cc2)s1. The van der Waals surface area contributed by atoms with Gasteiger partial charge in [-0.1, -0.05) is 74.0 Å². The lowest BCUT2D eigenvalue weighted by molar-refractivity contribution is 0.571. The molecule has 0 aliphatic rings. The maximum Gasteiger partial charge on any atom is 0.0345 e. The summed E-state index contributed by atoms with van der Waals surface area (Å²) >= 11 is 5.45. The second kappa shape index (κ2) is 8.75. The number of halogens is 1. The van der Waals surface area contributed by atoms with Crippen molar-refractivity contribution in [2.45, 2.75) is 58.3 Å². The highest BCUT2D eigenvalue weighted by atomic mass is 79.9. The average Bonchev–Trinajstić information content (AvgIpc) is 2.97. The number of hydrogen-bond acceptors (Lipinski definition) is 1. The molecular formula is C19H25BrS. The monoisotopic (exact) mass is 364 g/mol. The number of benzene rings is 1. The molecule has 0 nitrogen and oxygen atoms in total. The van der Waals surface area contributed by atoms with Crippen LogP contribution in [0.3, 0.4) is 0 Å². The Kier molecular flexibility index (Phi) is 6.98. The molecule has 0 aliphatic carbocycles. The van der Waals surface area contributed by atoms with Crippen LogP contribution < -0.4 is 0 Å². The summed E-state index contributed by atoms with van der Waals surface area (Å²) in [6.45, 7) is 4.65. The van der Waals surface area contributed by atoms with Crippen LogP contribution in [0.15, 0.2) is 40.9 Å². The van der Waals surface area contributed by atoms with E-state index in [9.17, 15) is 0 Å². The molecule has 1 aromatic carbocycles. The molecule has 1 atom stereocenters. The molecule has 0 saturated carbocycles. The van der Waals surface area contributed by atoms with Crippen molar-refractivity contribution in [2.24, 2.45) is 0 Å². The van der Waals surface area contributed by atoms with Gasteiger partial charge in [-0.2, -0.15) is 0 Å². The molecule has 1 heterocycles. The van der Waals surface area contributed by atoms with E-state index in [2.05, 4.69) is 66.2 Å². The third-order valence-electron chi connectivity index (χ3n) is 3.98. The second-order valence-corrected chi connectivity index (χ2v) is 7.84. The Labute approximate surface area is 141 Å². The Morgan fingerprint density at radius 1 is 0.952 bits per heavy atom. The van der Waals surface area contributed by atoms with Gasteiger partial charge in [0, 0.05) is 14.2 Å². The quantitative estimate of drug-likeness (QED) is 0.422. The van der Waals surface area contributed by atoms with E-state index < -0.39 is 0 Å². The van der Waals surface area contributed by atoms with E-state index in [0.717, 1.165) is 4.47 Å². The van der Waals surface area contributed by atoms with Crippen LogP contribution in [0.2, 0.25) is 0 Å². The molecule has 0 fully saturated rings. The maximum atomic E-state index is 3.50. The first-order chi connectivity index (χ1) is 10.2. The van der Waals surface area contributed by atoms with Gasteiger partial charge in [-0.05, 0) is 42.2 Å². The van der Waals surface area contributed by atoms with Crippen molar-refractivity contribution in [3.8, 4) is 10.4 Å². The molecule has 1 aromatic heterocycles. The second-order valence-electron chi connectivity index (χ2n) is 5.81. The summed E-state index contributed by atoms with van der Waals surface area (Å²) in [5, 5.41) is 0. The summed E-state index contributed by atoms with van der Waals surface area (Å²) in [4.78, 5) is 2.92. The fourth-order valence-electron chi connectivity index (χ4n) is 2.58. The van der Waals surface area contributed by atoms with Gasteiger partial charge < -0.3 is 0 Å². The molecule has 0 spiro atoms. The Hall–Kier alpha value is -0.600. The van der Waals surface area contributed by atoms with Crippen LogP contribution in [0.5, 0.6) is 0 Å². The van der Waals surface area contributed by atoms with Crippen molar-refractivity contribution < 1.29 is 0 Å². The fourth-order valence-corrected chi connectivity index (χ4v) is 3.95. The van der Waals surface area contributed by atoms with Crippen LogP contribution in [0.4, 0.5) is 0 Å². The van der Waals surface area contributed by atoms with Gasteiger partial charge >= 0.3 is 0 Å². The predicted octanol–water partition coefficient (Wildman–Crippen LogP) is 7.64. The fraction of sp³-hybridized carbons (Fsp3) is 0.474. The van der Waals surface area contributed by atoms with E-state index >= 15 is 0 Å². The zero-order chi connectivity index (χ0) is 15.1. The van der Waals surface area contributed by atoms with Crippen LogP contribution in [0.1, 0.15) is 63.2 Å². The lowest BCUT2D eigenvalue weighted by Gasteiger charge is -2.08.